The smallest absolute Gasteiger partial charge is 0.114 e. The molecule has 3 heteroatoms. The minimum atomic E-state index is 0.492. The van der Waals surface area contributed by atoms with Gasteiger partial charge in [0.2, 0.25) is 0 Å². The Bertz CT molecular complexity index is 238. The minimum Gasteiger partial charge on any atom is -0.381 e. The molecule has 0 amide bonds. The first-order chi connectivity index (χ1) is 5.38. The summed E-state index contributed by atoms with van der Waals surface area (Å²) >= 11 is 0. The minimum absolute atomic E-state index is 0.492. The Kier molecular flexibility index (Phi) is 1.66. The molecule has 1 saturated heterocycles. The van der Waals surface area contributed by atoms with Gasteiger partial charge < -0.3 is 9.30 Å². The molecule has 3 nitrogen and oxygen atoms in total. The summed E-state index contributed by atoms with van der Waals surface area (Å²) in [5, 5.41) is 0. The van der Waals surface area contributed by atoms with Gasteiger partial charge in [-0.2, -0.15) is 0 Å². The van der Waals surface area contributed by atoms with Gasteiger partial charge in [-0.05, 0) is 6.42 Å². The Morgan fingerprint density at radius 3 is 3.27 bits per heavy atom. The first-order valence-electron chi connectivity index (χ1n) is 3.85. The molecule has 0 aromatic carbocycles. The van der Waals surface area contributed by atoms with Crippen LogP contribution in [0.15, 0.2) is 6.20 Å². The summed E-state index contributed by atoms with van der Waals surface area (Å²) < 4.78 is 7.21. The second-order valence-electron chi connectivity index (χ2n) is 2.87. The summed E-state index contributed by atoms with van der Waals surface area (Å²) in [7, 11) is 1.97. The molecule has 1 atom stereocenters. The van der Waals surface area contributed by atoms with E-state index >= 15 is 0 Å². The molecule has 1 aliphatic heterocycles. The molecule has 2 heterocycles. The predicted octanol–water partition coefficient (Wildman–Crippen LogP) is 0.724. The fourth-order valence-corrected chi connectivity index (χ4v) is 1.45. The lowest BCUT2D eigenvalue weighted by atomic mass is 10.1. The van der Waals surface area contributed by atoms with E-state index in [-0.39, 0.29) is 0 Å². The largest absolute Gasteiger partial charge is 0.381 e. The standard InChI is InChI=1S/C8H11N2O/c1-10-4-3-9-8(10)7-2-5-11-6-7/h3,7H,2,5-6H2,1H3. The van der Waals surface area contributed by atoms with Crippen molar-refractivity contribution < 1.29 is 4.74 Å². The van der Waals surface area contributed by atoms with Gasteiger partial charge in [0.15, 0.2) is 0 Å². The van der Waals surface area contributed by atoms with Crippen molar-refractivity contribution in [2.45, 2.75) is 12.3 Å². The maximum Gasteiger partial charge on any atom is 0.114 e. The zero-order valence-electron chi connectivity index (χ0n) is 6.58. The number of rotatable bonds is 1. The van der Waals surface area contributed by atoms with E-state index in [1.54, 1.807) is 6.20 Å². The van der Waals surface area contributed by atoms with Crippen molar-refractivity contribution in [1.82, 2.24) is 9.55 Å². The summed E-state index contributed by atoms with van der Waals surface area (Å²) in [5.41, 5.74) is 0. The average molecular weight is 151 g/mol. The molecule has 11 heavy (non-hydrogen) atoms. The molecule has 1 radical (unpaired) electrons. The molecule has 1 fully saturated rings. The first-order valence-corrected chi connectivity index (χ1v) is 3.85. The number of hydrogen-bond donors (Lipinski definition) is 0. The Balaban J connectivity index is 2.21. The van der Waals surface area contributed by atoms with Crippen LogP contribution in [-0.4, -0.2) is 22.8 Å². The van der Waals surface area contributed by atoms with Crippen LogP contribution in [0.5, 0.6) is 0 Å². The van der Waals surface area contributed by atoms with Crippen LogP contribution in [-0.2, 0) is 11.8 Å². The SMILES string of the molecule is Cn1[c]cnc1C1CCOC1. The van der Waals surface area contributed by atoms with Gasteiger partial charge >= 0.3 is 0 Å². The third-order valence-electron chi connectivity index (χ3n) is 2.09. The highest BCUT2D eigenvalue weighted by atomic mass is 16.5. The van der Waals surface area contributed by atoms with Crippen molar-refractivity contribution in [2.75, 3.05) is 13.2 Å². The van der Waals surface area contributed by atoms with Crippen LogP contribution in [0, 0.1) is 6.20 Å². The second kappa shape index (κ2) is 2.66. The van der Waals surface area contributed by atoms with Crippen LogP contribution in [0.25, 0.3) is 0 Å². The third-order valence-corrected chi connectivity index (χ3v) is 2.09. The summed E-state index contributed by atoms with van der Waals surface area (Å²) in [6.07, 6.45) is 5.81. The molecule has 0 N–H and O–H groups in total. The lowest BCUT2D eigenvalue weighted by Gasteiger charge is -2.05. The lowest BCUT2D eigenvalue weighted by molar-refractivity contribution is 0.193. The van der Waals surface area contributed by atoms with Gasteiger partial charge in [0.05, 0.1) is 19.0 Å². The van der Waals surface area contributed by atoms with Crippen LogP contribution in [0.1, 0.15) is 18.2 Å². The molecular formula is C8H11N2O. The van der Waals surface area contributed by atoms with Gasteiger partial charge in [-0.3, -0.25) is 0 Å². The van der Waals surface area contributed by atoms with Crippen LogP contribution in [0.3, 0.4) is 0 Å². The van der Waals surface area contributed by atoms with Crippen molar-refractivity contribution in [3.63, 3.8) is 0 Å². The van der Waals surface area contributed by atoms with E-state index < -0.39 is 0 Å². The highest BCUT2D eigenvalue weighted by molar-refractivity contribution is 5.00. The molecular weight excluding hydrogens is 140 g/mol. The lowest BCUT2D eigenvalue weighted by Crippen LogP contribution is -2.05. The van der Waals surface area contributed by atoms with Crippen molar-refractivity contribution in [3.05, 3.63) is 18.2 Å². The Hall–Kier alpha value is -0.830. The van der Waals surface area contributed by atoms with E-state index in [1.807, 2.05) is 11.6 Å². The number of nitrogens with zero attached hydrogens (tertiary/aromatic N) is 2. The molecule has 1 aromatic rings. The average Bonchev–Trinajstić information content (AvgIpc) is 2.55. The van der Waals surface area contributed by atoms with Gasteiger partial charge in [0.25, 0.3) is 0 Å². The Morgan fingerprint density at radius 1 is 1.82 bits per heavy atom. The normalized spacial score (nSPS) is 24.3. The molecule has 0 saturated carbocycles. The molecule has 1 unspecified atom stereocenters. The van der Waals surface area contributed by atoms with E-state index in [4.69, 9.17) is 4.74 Å². The van der Waals surface area contributed by atoms with Crippen LogP contribution >= 0.6 is 0 Å². The predicted molar refractivity (Wildman–Crippen MR) is 40.2 cm³/mol. The number of aryl methyl sites for hydroxylation is 1. The number of imidazole rings is 1. The van der Waals surface area contributed by atoms with Gasteiger partial charge in [0.1, 0.15) is 5.82 Å². The highest BCUT2D eigenvalue weighted by Crippen LogP contribution is 2.22. The summed E-state index contributed by atoms with van der Waals surface area (Å²) in [6.45, 7) is 1.69. The van der Waals surface area contributed by atoms with Crippen molar-refractivity contribution in [1.29, 1.82) is 0 Å². The fourth-order valence-electron chi connectivity index (χ4n) is 1.45. The molecule has 0 bridgehead atoms. The number of ether oxygens (including phenoxy) is 1. The second-order valence-corrected chi connectivity index (χ2v) is 2.87. The van der Waals surface area contributed by atoms with E-state index in [1.165, 1.54) is 0 Å². The molecule has 1 aromatic heterocycles. The maximum atomic E-state index is 5.27. The Labute approximate surface area is 66.0 Å². The van der Waals surface area contributed by atoms with Gasteiger partial charge in [-0.15, -0.1) is 0 Å². The van der Waals surface area contributed by atoms with Crippen LogP contribution in [0.4, 0.5) is 0 Å². The zero-order valence-corrected chi connectivity index (χ0v) is 6.58. The van der Waals surface area contributed by atoms with Gasteiger partial charge in [0, 0.05) is 19.6 Å². The number of hydrogen-bond acceptors (Lipinski definition) is 2. The van der Waals surface area contributed by atoms with Crippen LogP contribution in [0.2, 0.25) is 0 Å². The van der Waals surface area contributed by atoms with Crippen LogP contribution < -0.4 is 0 Å². The zero-order chi connectivity index (χ0) is 7.68. The molecule has 0 aliphatic carbocycles. The first kappa shape index (κ1) is 6.85. The van der Waals surface area contributed by atoms with Gasteiger partial charge in [-0.25, -0.2) is 4.98 Å². The number of aromatic nitrogens is 2. The topological polar surface area (TPSA) is 27.1 Å². The monoisotopic (exact) mass is 151 g/mol. The van der Waals surface area contributed by atoms with E-state index in [0.717, 1.165) is 25.5 Å². The molecule has 59 valence electrons. The van der Waals surface area contributed by atoms with E-state index in [9.17, 15) is 0 Å². The Morgan fingerprint density at radius 2 is 2.73 bits per heavy atom. The molecule has 1 aliphatic rings. The van der Waals surface area contributed by atoms with E-state index in [2.05, 4.69) is 11.2 Å². The maximum absolute atomic E-state index is 5.27. The molecule has 2 rings (SSSR count). The van der Waals surface area contributed by atoms with Gasteiger partial charge in [-0.1, -0.05) is 0 Å². The molecule has 0 spiro atoms. The third kappa shape index (κ3) is 1.16. The quantitative estimate of drug-likeness (QED) is 0.591. The van der Waals surface area contributed by atoms with E-state index in [0.29, 0.717) is 5.92 Å². The highest BCUT2D eigenvalue weighted by Gasteiger charge is 2.20. The fraction of sp³-hybridized carbons (Fsp3) is 0.625. The van der Waals surface area contributed by atoms with Crippen molar-refractivity contribution in [3.8, 4) is 0 Å². The van der Waals surface area contributed by atoms with Crippen molar-refractivity contribution in [2.24, 2.45) is 7.05 Å². The van der Waals surface area contributed by atoms with Crippen molar-refractivity contribution >= 4 is 0 Å². The summed E-state index contributed by atoms with van der Waals surface area (Å²) in [5.74, 6) is 1.59. The summed E-state index contributed by atoms with van der Waals surface area (Å²) in [4.78, 5) is 4.23. The summed E-state index contributed by atoms with van der Waals surface area (Å²) in [6, 6.07) is 0.